The summed E-state index contributed by atoms with van der Waals surface area (Å²) in [4.78, 5) is 10.5. The van der Waals surface area contributed by atoms with Gasteiger partial charge in [-0.25, -0.2) is 0 Å². The molecule has 0 aromatic rings. The van der Waals surface area contributed by atoms with E-state index >= 15 is 0 Å². The maximum atomic E-state index is 12.4. The molecule has 1 nitrogen and oxygen atoms in total. The number of hydrogen-bond donors (Lipinski definition) is 0. The highest BCUT2D eigenvalue weighted by Crippen LogP contribution is 2.60. The molecule has 0 bridgehead atoms. The molecule has 68 valence electrons. The number of carbonyl (C=O) groups excluding carboxylic acids is 1. The van der Waals surface area contributed by atoms with Crippen molar-refractivity contribution in [2.75, 3.05) is 0 Å². The summed E-state index contributed by atoms with van der Waals surface area (Å²) in [6.45, 7) is 3.78. The standard InChI is InChI=1S/C8H9Br2FO/c1-8(2)4(3-5(9)10)6(8)7(11)12/h3-4,6H,1-2H3. The van der Waals surface area contributed by atoms with Crippen LogP contribution in [-0.2, 0) is 4.79 Å². The fraction of sp³-hybridized carbons (Fsp3) is 0.625. The Hall–Kier alpha value is 0.300. The molecule has 4 heteroatoms. The van der Waals surface area contributed by atoms with Gasteiger partial charge in [0.05, 0.1) is 9.31 Å². The Bertz CT molecular complexity index is 243. The fourth-order valence-electron chi connectivity index (χ4n) is 1.56. The Balaban J connectivity index is 2.73. The molecule has 0 radical (unpaired) electrons. The molecule has 1 saturated carbocycles. The van der Waals surface area contributed by atoms with Gasteiger partial charge in [-0.3, -0.25) is 4.79 Å². The first kappa shape index (κ1) is 10.4. The van der Waals surface area contributed by atoms with Crippen molar-refractivity contribution in [2.24, 2.45) is 17.3 Å². The molecular weight excluding hydrogens is 291 g/mol. The molecule has 1 aliphatic rings. The summed E-state index contributed by atoms with van der Waals surface area (Å²) < 4.78 is 13.2. The van der Waals surface area contributed by atoms with Crippen LogP contribution in [0.15, 0.2) is 9.47 Å². The molecule has 0 aromatic carbocycles. The van der Waals surface area contributed by atoms with Gasteiger partial charge in [-0.05, 0) is 43.2 Å². The summed E-state index contributed by atoms with van der Waals surface area (Å²) in [7, 11) is 0. The summed E-state index contributed by atoms with van der Waals surface area (Å²) in [5.41, 5.74) is -0.224. The molecule has 1 aliphatic carbocycles. The average molecular weight is 300 g/mol. The minimum absolute atomic E-state index is 0.0174. The van der Waals surface area contributed by atoms with Crippen molar-refractivity contribution in [3.05, 3.63) is 9.47 Å². The van der Waals surface area contributed by atoms with Crippen LogP contribution in [0.1, 0.15) is 13.8 Å². The lowest BCUT2D eigenvalue weighted by Crippen LogP contribution is -1.97. The number of allylic oxidation sites excluding steroid dienone is 1. The first-order valence-corrected chi connectivity index (χ1v) is 5.18. The first-order valence-electron chi connectivity index (χ1n) is 3.59. The zero-order valence-corrected chi connectivity index (χ0v) is 9.95. The van der Waals surface area contributed by atoms with E-state index in [4.69, 9.17) is 0 Å². The van der Waals surface area contributed by atoms with E-state index in [-0.39, 0.29) is 11.3 Å². The predicted molar refractivity (Wildman–Crippen MR) is 52.8 cm³/mol. The van der Waals surface area contributed by atoms with Gasteiger partial charge in [-0.1, -0.05) is 19.9 Å². The van der Waals surface area contributed by atoms with E-state index in [9.17, 15) is 9.18 Å². The van der Waals surface area contributed by atoms with Crippen LogP contribution < -0.4 is 0 Å². The largest absolute Gasteiger partial charge is 0.305 e. The quantitative estimate of drug-likeness (QED) is 0.714. The molecule has 1 rings (SSSR count). The average Bonchev–Trinajstić information content (AvgIpc) is 2.32. The van der Waals surface area contributed by atoms with Crippen LogP contribution in [0.25, 0.3) is 0 Å². The van der Waals surface area contributed by atoms with E-state index in [0.29, 0.717) is 0 Å². The molecule has 0 aliphatic heterocycles. The van der Waals surface area contributed by atoms with Gasteiger partial charge in [-0.2, -0.15) is 4.39 Å². The Kier molecular flexibility index (Phi) is 2.78. The summed E-state index contributed by atoms with van der Waals surface area (Å²) >= 11 is 6.37. The highest BCUT2D eigenvalue weighted by molar-refractivity contribution is 9.28. The van der Waals surface area contributed by atoms with Crippen LogP contribution in [0, 0.1) is 17.3 Å². The zero-order chi connectivity index (χ0) is 9.52. The van der Waals surface area contributed by atoms with E-state index in [1.54, 1.807) is 0 Å². The normalized spacial score (nSPS) is 31.1. The monoisotopic (exact) mass is 298 g/mol. The lowest BCUT2D eigenvalue weighted by Gasteiger charge is -1.95. The van der Waals surface area contributed by atoms with Crippen molar-refractivity contribution in [3.63, 3.8) is 0 Å². The van der Waals surface area contributed by atoms with Gasteiger partial charge >= 0.3 is 6.04 Å². The maximum Gasteiger partial charge on any atom is 0.305 e. The SMILES string of the molecule is CC1(C)C(C=C(Br)Br)C1C(=O)F. The van der Waals surface area contributed by atoms with Crippen LogP contribution in [-0.4, -0.2) is 6.04 Å². The highest BCUT2D eigenvalue weighted by atomic mass is 79.9. The Morgan fingerprint density at radius 3 is 2.25 bits per heavy atom. The smallest absolute Gasteiger partial charge is 0.261 e. The zero-order valence-electron chi connectivity index (χ0n) is 6.77. The second-order valence-corrected chi connectivity index (χ2v) is 6.36. The summed E-state index contributed by atoms with van der Waals surface area (Å²) in [6.07, 6.45) is 1.82. The minimum Gasteiger partial charge on any atom is -0.261 e. The summed E-state index contributed by atoms with van der Waals surface area (Å²) in [6, 6.07) is -1.21. The number of halogens is 3. The first-order chi connectivity index (χ1) is 5.37. The molecule has 12 heavy (non-hydrogen) atoms. The molecule has 1 fully saturated rings. The van der Waals surface area contributed by atoms with Gasteiger partial charge in [0.15, 0.2) is 0 Å². The van der Waals surface area contributed by atoms with Crippen molar-refractivity contribution in [3.8, 4) is 0 Å². The second kappa shape index (κ2) is 3.22. The van der Waals surface area contributed by atoms with Crippen LogP contribution >= 0.6 is 31.9 Å². The fourth-order valence-corrected chi connectivity index (χ4v) is 2.13. The molecule has 0 heterocycles. The van der Waals surface area contributed by atoms with Crippen molar-refractivity contribution in [2.45, 2.75) is 13.8 Å². The van der Waals surface area contributed by atoms with E-state index in [1.165, 1.54) is 0 Å². The topological polar surface area (TPSA) is 17.1 Å². The maximum absolute atomic E-state index is 12.4. The third kappa shape index (κ3) is 1.79. The van der Waals surface area contributed by atoms with E-state index in [1.807, 2.05) is 19.9 Å². The molecule has 0 N–H and O–H groups in total. The Morgan fingerprint density at radius 2 is 2.00 bits per heavy atom. The number of carbonyl (C=O) groups is 1. The molecule has 2 atom stereocenters. The molecule has 0 aromatic heterocycles. The molecule has 0 spiro atoms. The van der Waals surface area contributed by atoms with Crippen LogP contribution in [0.3, 0.4) is 0 Å². The molecular formula is C8H9Br2FO. The minimum atomic E-state index is -1.21. The van der Waals surface area contributed by atoms with Gasteiger partial charge in [0, 0.05) is 0 Å². The van der Waals surface area contributed by atoms with Gasteiger partial charge in [0.1, 0.15) is 0 Å². The van der Waals surface area contributed by atoms with Crippen molar-refractivity contribution in [1.29, 1.82) is 0 Å². The van der Waals surface area contributed by atoms with Crippen molar-refractivity contribution in [1.82, 2.24) is 0 Å². The second-order valence-electron chi connectivity index (χ2n) is 3.59. The Morgan fingerprint density at radius 1 is 1.50 bits per heavy atom. The van der Waals surface area contributed by atoms with Gasteiger partial charge in [0.25, 0.3) is 0 Å². The predicted octanol–water partition coefficient (Wildman–Crippen LogP) is 3.39. The molecule has 2 unspecified atom stereocenters. The molecule has 0 amide bonds. The lowest BCUT2D eigenvalue weighted by molar-refractivity contribution is -0.131. The number of hydrogen-bond acceptors (Lipinski definition) is 1. The molecule has 0 saturated heterocycles. The third-order valence-corrected chi connectivity index (χ3v) is 2.99. The van der Waals surface area contributed by atoms with Crippen LogP contribution in [0.5, 0.6) is 0 Å². The number of rotatable bonds is 2. The van der Waals surface area contributed by atoms with E-state index in [0.717, 1.165) is 3.39 Å². The van der Waals surface area contributed by atoms with Crippen molar-refractivity contribution >= 4 is 37.9 Å². The van der Waals surface area contributed by atoms with E-state index < -0.39 is 12.0 Å². The van der Waals surface area contributed by atoms with Crippen molar-refractivity contribution < 1.29 is 9.18 Å². The van der Waals surface area contributed by atoms with Gasteiger partial charge in [0.2, 0.25) is 0 Å². The summed E-state index contributed by atoms with van der Waals surface area (Å²) in [5.74, 6) is -0.439. The van der Waals surface area contributed by atoms with Crippen LogP contribution in [0.4, 0.5) is 4.39 Å². The van der Waals surface area contributed by atoms with Gasteiger partial charge < -0.3 is 0 Å². The Labute approximate surface area is 87.7 Å². The van der Waals surface area contributed by atoms with Gasteiger partial charge in [-0.15, -0.1) is 0 Å². The third-order valence-electron chi connectivity index (χ3n) is 2.46. The van der Waals surface area contributed by atoms with Crippen LogP contribution in [0.2, 0.25) is 0 Å². The van der Waals surface area contributed by atoms with E-state index in [2.05, 4.69) is 31.9 Å². The summed E-state index contributed by atoms with van der Waals surface area (Å²) in [5, 5.41) is 0. The highest BCUT2D eigenvalue weighted by Gasteiger charge is 2.60. The lowest BCUT2D eigenvalue weighted by atomic mass is 10.1.